The van der Waals surface area contributed by atoms with Crippen LogP contribution in [0.5, 0.6) is 0 Å². The fourth-order valence-corrected chi connectivity index (χ4v) is 1.63. The minimum atomic E-state index is -0.218. The van der Waals surface area contributed by atoms with Crippen LogP contribution in [0.4, 0.5) is 0 Å². The summed E-state index contributed by atoms with van der Waals surface area (Å²) in [6.45, 7) is 0.990. The summed E-state index contributed by atoms with van der Waals surface area (Å²) in [6, 6.07) is 0. The molecule has 0 aliphatic rings. The van der Waals surface area contributed by atoms with Crippen molar-refractivity contribution in [2.45, 2.75) is 11.8 Å². The van der Waals surface area contributed by atoms with E-state index in [9.17, 15) is 4.79 Å². The van der Waals surface area contributed by atoms with E-state index in [1.54, 1.807) is 12.5 Å². The van der Waals surface area contributed by atoms with Gasteiger partial charge in [-0.15, -0.1) is 16.7 Å². The molecule has 1 N–H and O–H groups in total. The van der Waals surface area contributed by atoms with Gasteiger partial charge in [0, 0.05) is 19.0 Å². The predicted molar refractivity (Wildman–Crippen MR) is 58.4 cm³/mol. The highest BCUT2D eigenvalue weighted by Crippen LogP contribution is 2.01. The van der Waals surface area contributed by atoms with Gasteiger partial charge in [0.25, 0.3) is 5.91 Å². The van der Waals surface area contributed by atoms with E-state index >= 15 is 0 Å². The summed E-state index contributed by atoms with van der Waals surface area (Å²) in [5.74, 6) is -0.218. The van der Waals surface area contributed by atoms with E-state index in [1.165, 1.54) is 0 Å². The molecule has 7 heteroatoms. The largest absolute Gasteiger partial charge is 0.383 e. The van der Waals surface area contributed by atoms with Crippen molar-refractivity contribution in [1.29, 1.82) is 0 Å². The van der Waals surface area contributed by atoms with Crippen LogP contribution in [0.25, 0.3) is 0 Å². The summed E-state index contributed by atoms with van der Waals surface area (Å²) in [4.78, 5) is 11.4. The molecule has 84 valence electrons. The lowest BCUT2D eigenvalue weighted by Gasteiger charge is -2.07. The first-order valence-electron chi connectivity index (χ1n) is 4.42. The number of aromatic nitrogens is 2. The second-order valence-electron chi connectivity index (χ2n) is 2.89. The summed E-state index contributed by atoms with van der Waals surface area (Å²) in [5, 5.41) is 7.87. The molecule has 0 aromatic carbocycles. The first-order valence-corrected chi connectivity index (χ1v) is 5.69. The van der Waals surface area contributed by atoms with Crippen molar-refractivity contribution in [1.82, 2.24) is 14.9 Å². The van der Waals surface area contributed by atoms with Crippen LogP contribution in [0.2, 0.25) is 0 Å². The van der Waals surface area contributed by atoms with Crippen molar-refractivity contribution in [3.8, 4) is 0 Å². The highest BCUT2D eigenvalue weighted by molar-refractivity contribution is 7.03. The molecule has 0 bridgehead atoms. The molecule has 1 amide bonds. The Morgan fingerprint density at radius 1 is 1.80 bits per heavy atom. The van der Waals surface area contributed by atoms with Gasteiger partial charge < -0.3 is 10.1 Å². The maximum atomic E-state index is 11.4. The molecule has 0 aliphatic heterocycles. The van der Waals surface area contributed by atoms with Crippen molar-refractivity contribution in [3.05, 3.63) is 11.1 Å². The second-order valence-corrected chi connectivity index (χ2v) is 4.11. The van der Waals surface area contributed by atoms with Crippen molar-refractivity contribution in [2.75, 3.05) is 20.3 Å². The van der Waals surface area contributed by atoms with E-state index in [1.807, 2.05) is 0 Å². The lowest BCUT2D eigenvalue weighted by molar-refractivity contribution is 0.0946. The monoisotopic (exact) mass is 249 g/mol. The lowest BCUT2D eigenvalue weighted by atomic mass is 10.3. The van der Waals surface area contributed by atoms with E-state index in [4.69, 9.17) is 16.3 Å². The van der Waals surface area contributed by atoms with Crippen LogP contribution in [0, 0.1) is 0 Å². The third-order valence-electron chi connectivity index (χ3n) is 1.68. The van der Waals surface area contributed by atoms with E-state index < -0.39 is 0 Å². The molecule has 15 heavy (non-hydrogen) atoms. The number of hydrogen-bond acceptors (Lipinski definition) is 5. The Bertz CT molecular complexity index is 294. The quantitative estimate of drug-likeness (QED) is 0.762. The molecule has 1 rings (SSSR count). The number of amides is 1. The summed E-state index contributed by atoms with van der Waals surface area (Å²) < 4.78 is 8.47. The van der Waals surface area contributed by atoms with Crippen molar-refractivity contribution >= 4 is 29.0 Å². The van der Waals surface area contributed by atoms with Gasteiger partial charge in [0.05, 0.1) is 12.0 Å². The van der Waals surface area contributed by atoms with Crippen LogP contribution >= 0.6 is 23.1 Å². The Hall–Kier alpha value is -0.720. The molecular formula is C8H12ClN3O2S. The lowest BCUT2D eigenvalue weighted by Crippen LogP contribution is -2.27. The zero-order valence-corrected chi connectivity index (χ0v) is 9.85. The number of alkyl halides is 1. The SMILES string of the molecule is COCC(Cl)CCNC(=O)c1csnn1. The fourth-order valence-electron chi connectivity index (χ4n) is 0.961. The third-order valence-corrected chi connectivity index (χ3v) is 2.53. The highest BCUT2D eigenvalue weighted by Gasteiger charge is 2.09. The normalized spacial score (nSPS) is 12.4. The molecule has 0 fully saturated rings. The molecule has 0 spiro atoms. The van der Waals surface area contributed by atoms with Crippen molar-refractivity contribution < 1.29 is 9.53 Å². The fraction of sp³-hybridized carbons (Fsp3) is 0.625. The summed E-state index contributed by atoms with van der Waals surface area (Å²) in [5.41, 5.74) is 0.345. The van der Waals surface area contributed by atoms with Crippen LogP contribution in [-0.2, 0) is 4.74 Å². The Balaban J connectivity index is 2.18. The number of nitrogens with zero attached hydrogens (tertiary/aromatic N) is 2. The second kappa shape index (κ2) is 6.71. The van der Waals surface area contributed by atoms with Gasteiger partial charge >= 0.3 is 0 Å². The number of ether oxygens (including phenoxy) is 1. The smallest absolute Gasteiger partial charge is 0.272 e. The Labute approximate surface area is 96.9 Å². The third kappa shape index (κ3) is 4.55. The molecule has 0 saturated heterocycles. The molecule has 1 heterocycles. The van der Waals surface area contributed by atoms with Gasteiger partial charge in [-0.3, -0.25) is 4.79 Å². The van der Waals surface area contributed by atoms with Crippen LogP contribution in [0.3, 0.4) is 0 Å². The number of carbonyl (C=O) groups is 1. The minimum Gasteiger partial charge on any atom is -0.383 e. The number of halogens is 1. The number of rotatable bonds is 6. The molecule has 0 aliphatic carbocycles. The van der Waals surface area contributed by atoms with E-state index in [0.29, 0.717) is 25.3 Å². The Kier molecular flexibility index (Phi) is 5.52. The summed E-state index contributed by atoms with van der Waals surface area (Å²) in [7, 11) is 1.59. The van der Waals surface area contributed by atoms with Gasteiger partial charge in [-0.25, -0.2) is 0 Å². The molecule has 1 unspecified atom stereocenters. The van der Waals surface area contributed by atoms with Crippen LogP contribution in [-0.4, -0.2) is 41.1 Å². The predicted octanol–water partition coefficient (Wildman–Crippen LogP) is 0.912. The highest BCUT2D eigenvalue weighted by atomic mass is 35.5. The van der Waals surface area contributed by atoms with E-state index in [2.05, 4.69) is 14.9 Å². The van der Waals surface area contributed by atoms with Gasteiger partial charge in [-0.2, -0.15) is 0 Å². The van der Waals surface area contributed by atoms with Gasteiger partial charge in [-0.1, -0.05) is 4.49 Å². The van der Waals surface area contributed by atoms with Gasteiger partial charge in [-0.05, 0) is 18.0 Å². The van der Waals surface area contributed by atoms with Crippen molar-refractivity contribution in [2.24, 2.45) is 0 Å². The summed E-state index contributed by atoms with van der Waals surface area (Å²) in [6.07, 6.45) is 0.665. The maximum absolute atomic E-state index is 11.4. The topological polar surface area (TPSA) is 64.1 Å². The van der Waals surface area contributed by atoms with Gasteiger partial charge in [0.15, 0.2) is 5.69 Å². The zero-order valence-electron chi connectivity index (χ0n) is 8.27. The average molecular weight is 250 g/mol. The first-order chi connectivity index (χ1) is 7.24. The van der Waals surface area contributed by atoms with E-state index in [0.717, 1.165) is 11.5 Å². The number of methoxy groups -OCH3 is 1. The molecule has 1 aromatic heterocycles. The molecule has 0 radical (unpaired) electrons. The number of hydrogen-bond donors (Lipinski definition) is 1. The Morgan fingerprint density at radius 2 is 2.60 bits per heavy atom. The van der Waals surface area contributed by atoms with Gasteiger partial charge in [0.2, 0.25) is 0 Å². The zero-order chi connectivity index (χ0) is 11.1. The molecule has 1 atom stereocenters. The van der Waals surface area contributed by atoms with Gasteiger partial charge in [0.1, 0.15) is 0 Å². The molecule has 5 nitrogen and oxygen atoms in total. The van der Waals surface area contributed by atoms with Crippen LogP contribution < -0.4 is 5.32 Å². The molecular weight excluding hydrogens is 238 g/mol. The minimum absolute atomic E-state index is 0.0798. The number of carbonyl (C=O) groups excluding carboxylic acids is 1. The molecule has 1 aromatic rings. The van der Waals surface area contributed by atoms with Crippen LogP contribution in [0.1, 0.15) is 16.9 Å². The first kappa shape index (κ1) is 12.4. The Morgan fingerprint density at radius 3 is 3.20 bits per heavy atom. The maximum Gasteiger partial charge on any atom is 0.272 e. The molecule has 0 saturated carbocycles. The summed E-state index contributed by atoms with van der Waals surface area (Å²) >= 11 is 7.03. The average Bonchev–Trinajstić information content (AvgIpc) is 2.70. The number of nitrogens with one attached hydrogen (secondary N) is 1. The van der Waals surface area contributed by atoms with E-state index in [-0.39, 0.29) is 11.3 Å². The standard InChI is InChI=1S/C8H12ClN3O2S/c1-14-4-6(9)2-3-10-8(13)7-5-15-12-11-7/h5-6H,2-4H2,1H3,(H,10,13). The van der Waals surface area contributed by atoms with Crippen molar-refractivity contribution in [3.63, 3.8) is 0 Å². The van der Waals surface area contributed by atoms with Crippen LogP contribution in [0.15, 0.2) is 5.38 Å².